The second-order valence-corrected chi connectivity index (χ2v) is 7.21. The third-order valence-corrected chi connectivity index (χ3v) is 5.10. The molecule has 0 bridgehead atoms. The molecular formula is C20H25N3O3. The molecule has 0 aliphatic carbocycles. The standard InChI is InChI=1S/C20H25N3O3/c1-13(24)11-15-7-9-23(10-8-15)20(25)19-12-18(22-26-19)17-5-3-16(4-6-17)14(2)21/h3-6,15,19,21H,7-12H2,1-2H3. The summed E-state index contributed by atoms with van der Waals surface area (Å²) in [4.78, 5) is 31.2. The first-order chi connectivity index (χ1) is 12.4. The summed E-state index contributed by atoms with van der Waals surface area (Å²) in [6.07, 6.45) is 2.26. The molecule has 3 rings (SSSR count). The maximum absolute atomic E-state index is 12.7. The quantitative estimate of drug-likeness (QED) is 0.825. The average molecular weight is 355 g/mol. The van der Waals surface area contributed by atoms with Gasteiger partial charge in [0.1, 0.15) is 5.78 Å². The summed E-state index contributed by atoms with van der Waals surface area (Å²) in [5.41, 5.74) is 3.08. The van der Waals surface area contributed by atoms with Crippen molar-refractivity contribution in [1.29, 1.82) is 5.41 Å². The number of Topliss-reactive ketones (excluding diaryl/α,β-unsaturated/α-hetero) is 1. The van der Waals surface area contributed by atoms with Gasteiger partial charge in [-0.3, -0.25) is 4.79 Å². The van der Waals surface area contributed by atoms with E-state index >= 15 is 0 Å². The van der Waals surface area contributed by atoms with Gasteiger partial charge >= 0.3 is 0 Å². The second kappa shape index (κ2) is 7.81. The Bertz CT molecular complexity index is 731. The molecule has 1 N–H and O–H groups in total. The van der Waals surface area contributed by atoms with E-state index in [1.54, 1.807) is 13.8 Å². The zero-order valence-corrected chi connectivity index (χ0v) is 15.3. The van der Waals surface area contributed by atoms with Gasteiger partial charge < -0.3 is 19.9 Å². The molecule has 138 valence electrons. The fourth-order valence-electron chi connectivity index (χ4n) is 3.56. The highest BCUT2D eigenvalue weighted by Crippen LogP contribution is 2.24. The predicted molar refractivity (Wildman–Crippen MR) is 99.6 cm³/mol. The highest BCUT2D eigenvalue weighted by atomic mass is 16.6. The first kappa shape index (κ1) is 18.3. The number of hydrogen-bond donors (Lipinski definition) is 1. The Labute approximate surface area is 153 Å². The molecule has 0 spiro atoms. The van der Waals surface area contributed by atoms with Crippen LogP contribution in [-0.2, 0) is 14.4 Å². The van der Waals surface area contributed by atoms with Crippen LogP contribution < -0.4 is 0 Å². The third kappa shape index (κ3) is 4.18. The van der Waals surface area contributed by atoms with Crippen molar-refractivity contribution in [1.82, 2.24) is 4.90 Å². The number of hydrogen-bond acceptors (Lipinski definition) is 5. The van der Waals surface area contributed by atoms with Crippen molar-refractivity contribution < 1.29 is 14.4 Å². The van der Waals surface area contributed by atoms with Crippen LogP contribution in [0.4, 0.5) is 0 Å². The number of nitrogens with zero attached hydrogens (tertiary/aromatic N) is 2. The van der Waals surface area contributed by atoms with Crippen molar-refractivity contribution in [3.05, 3.63) is 35.4 Å². The molecule has 6 nitrogen and oxygen atoms in total. The smallest absolute Gasteiger partial charge is 0.266 e. The maximum atomic E-state index is 12.7. The minimum Gasteiger partial charge on any atom is -0.382 e. The van der Waals surface area contributed by atoms with E-state index in [0.717, 1.165) is 29.7 Å². The van der Waals surface area contributed by atoms with E-state index in [-0.39, 0.29) is 11.7 Å². The third-order valence-electron chi connectivity index (χ3n) is 5.10. The maximum Gasteiger partial charge on any atom is 0.266 e. The minimum atomic E-state index is -0.557. The summed E-state index contributed by atoms with van der Waals surface area (Å²) >= 11 is 0. The molecule has 0 saturated carbocycles. The molecule has 1 amide bonds. The highest BCUT2D eigenvalue weighted by Gasteiger charge is 2.34. The lowest BCUT2D eigenvalue weighted by Crippen LogP contribution is -2.44. The van der Waals surface area contributed by atoms with Crippen molar-refractivity contribution in [3.8, 4) is 0 Å². The monoisotopic (exact) mass is 355 g/mol. The van der Waals surface area contributed by atoms with Gasteiger partial charge in [0.15, 0.2) is 0 Å². The number of benzene rings is 1. The molecule has 2 heterocycles. The number of piperidine rings is 1. The van der Waals surface area contributed by atoms with Crippen molar-refractivity contribution in [2.24, 2.45) is 11.1 Å². The van der Waals surface area contributed by atoms with Crippen LogP contribution in [0.5, 0.6) is 0 Å². The van der Waals surface area contributed by atoms with Crippen molar-refractivity contribution in [2.75, 3.05) is 13.1 Å². The first-order valence-electron chi connectivity index (χ1n) is 9.11. The van der Waals surface area contributed by atoms with Crippen molar-refractivity contribution >= 4 is 23.1 Å². The van der Waals surface area contributed by atoms with E-state index in [0.29, 0.717) is 37.6 Å². The van der Waals surface area contributed by atoms with Crippen molar-refractivity contribution in [3.63, 3.8) is 0 Å². The molecule has 0 radical (unpaired) electrons. The lowest BCUT2D eigenvalue weighted by atomic mass is 9.91. The number of carbonyl (C=O) groups is 2. The summed E-state index contributed by atoms with van der Waals surface area (Å²) in [5, 5.41) is 11.7. The van der Waals surface area contributed by atoms with Gasteiger partial charge in [-0.15, -0.1) is 0 Å². The Morgan fingerprint density at radius 2 is 1.85 bits per heavy atom. The van der Waals surface area contributed by atoms with Gasteiger partial charge in [-0.05, 0) is 43.7 Å². The number of nitrogens with one attached hydrogen (secondary N) is 1. The number of likely N-dealkylation sites (tertiary alicyclic amines) is 1. The molecule has 1 saturated heterocycles. The minimum absolute atomic E-state index is 0.0167. The van der Waals surface area contributed by atoms with Gasteiger partial charge in [-0.1, -0.05) is 29.4 Å². The molecule has 1 atom stereocenters. The van der Waals surface area contributed by atoms with Crippen molar-refractivity contribution in [2.45, 2.75) is 45.6 Å². The Balaban J connectivity index is 1.54. The zero-order valence-electron chi connectivity index (χ0n) is 15.3. The fraction of sp³-hybridized carbons (Fsp3) is 0.500. The van der Waals surface area contributed by atoms with E-state index < -0.39 is 6.10 Å². The van der Waals surface area contributed by atoms with Crippen LogP contribution >= 0.6 is 0 Å². The molecular weight excluding hydrogens is 330 g/mol. The second-order valence-electron chi connectivity index (χ2n) is 7.21. The first-order valence-corrected chi connectivity index (χ1v) is 9.11. The molecule has 26 heavy (non-hydrogen) atoms. The van der Waals surface area contributed by atoms with Crippen LogP contribution in [-0.4, -0.2) is 47.2 Å². The van der Waals surface area contributed by atoms with Crippen LogP contribution in [0.25, 0.3) is 0 Å². The zero-order chi connectivity index (χ0) is 18.7. The average Bonchev–Trinajstić information content (AvgIpc) is 3.11. The number of amides is 1. The topological polar surface area (TPSA) is 82.8 Å². The largest absolute Gasteiger partial charge is 0.382 e. The molecule has 2 aliphatic heterocycles. The Morgan fingerprint density at radius 3 is 2.42 bits per heavy atom. The van der Waals surface area contributed by atoms with Gasteiger partial charge in [0.25, 0.3) is 5.91 Å². The lowest BCUT2D eigenvalue weighted by molar-refractivity contribution is -0.143. The molecule has 1 fully saturated rings. The van der Waals surface area contributed by atoms with E-state index in [1.807, 2.05) is 29.2 Å². The number of ketones is 1. The molecule has 1 unspecified atom stereocenters. The summed E-state index contributed by atoms with van der Waals surface area (Å²) < 4.78 is 0. The van der Waals surface area contributed by atoms with Crippen LogP contribution in [0.2, 0.25) is 0 Å². The van der Waals surface area contributed by atoms with E-state index in [1.165, 1.54) is 0 Å². The number of carbonyl (C=O) groups excluding carboxylic acids is 2. The van der Waals surface area contributed by atoms with Gasteiger partial charge in [0.2, 0.25) is 6.10 Å². The van der Waals surface area contributed by atoms with E-state index in [2.05, 4.69) is 5.16 Å². The predicted octanol–water partition coefficient (Wildman–Crippen LogP) is 2.79. The fourth-order valence-corrected chi connectivity index (χ4v) is 3.56. The Morgan fingerprint density at radius 1 is 1.19 bits per heavy atom. The lowest BCUT2D eigenvalue weighted by Gasteiger charge is -2.32. The van der Waals surface area contributed by atoms with Crippen LogP contribution in [0, 0.1) is 11.3 Å². The SMILES string of the molecule is CC(=N)c1ccc(C2=NOC(C(=O)N3CCC(CC(C)=O)CC3)C2)cc1. The summed E-state index contributed by atoms with van der Waals surface area (Å²) in [6, 6.07) is 7.59. The van der Waals surface area contributed by atoms with E-state index in [4.69, 9.17) is 10.2 Å². The molecule has 6 heteroatoms. The summed E-state index contributed by atoms with van der Waals surface area (Å²) in [7, 11) is 0. The van der Waals surface area contributed by atoms with E-state index in [9.17, 15) is 9.59 Å². The molecule has 1 aromatic rings. The summed E-state index contributed by atoms with van der Waals surface area (Å²) in [5.74, 6) is 0.594. The number of oxime groups is 1. The van der Waals surface area contributed by atoms with Gasteiger partial charge in [-0.2, -0.15) is 0 Å². The van der Waals surface area contributed by atoms with Crippen LogP contribution in [0.15, 0.2) is 29.4 Å². The van der Waals surface area contributed by atoms with Gasteiger partial charge in [0, 0.05) is 31.6 Å². The normalized spacial score (nSPS) is 20.5. The highest BCUT2D eigenvalue weighted by molar-refractivity contribution is 6.05. The molecule has 0 aromatic heterocycles. The number of rotatable bonds is 5. The van der Waals surface area contributed by atoms with Crippen LogP contribution in [0.3, 0.4) is 0 Å². The Hall–Kier alpha value is -2.50. The Kier molecular flexibility index (Phi) is 5.49. The summed E-state index contributed by atoms with van der Waals surface area (Å²) in [6.45, 7) is 4.73. The van der Waals surface area contributed by atoms with Crippen LogP contribution in [0.1, 0.15) is 50.7 Å². The molecule has 1 aromatic carbocycles. The van der Waals surface area contributed by atoms with Gasteiger partial charge in [0.05, 0.1) is 5.71 Å². The molecule has 2 aliphatic rings. The van der Waals surface area contributed by atoms with Gasteiger partial charge in [-0.25, -0.2) is 0 Å².